The molecule has 0 unspecified atom stereocenters. The van der Waals surface area contributed by atoms with E-state index in [1.54, 1.807) is 5.10 Å². The largest absolute Gasteiger partial charge is 0.432 e. The van der Waals surface area contributed by atoms with Crippen molar-refractivity contribution in [1.29, 1.82) is 0 Å². The van der Waals surface area contributed by atoms with Crippen LogP contribution < -0.4 is 10.6 Å². The molecule has 3 N–H and O–H groups in total. The Bertz CT molecular complexity index is 1100. The second-order valence-electron chi connectivity index (χ2n) is 5.81. The molecule has 3 rings (SSSR count). The standard InChI is InChI=1S/C18H11ClF5N5O/c19-12-7-11(5-6-13(12)21)25-17(26-15-8-14(28-29-15)18(22,23)24)27-16(30)9-1-3-10(20)4-2-9/h1-8H,(H3,25,26,27,28,29,30). The number of amides is 1. The van der Waals surface area contributed by atoms with E-state index in [0.29, 0.717) is 6.07 Å². The first kappa shape index (κ1) is 21.2. The molecule has 1 amide bonds. The Morgan fingerprint density at radius 3 is 2.37 bits per heavy atom. The molecule has 0 spiro atoms. The number of aromatic nitrogens is 2. The quantitative estimate of drug-likeness (QED) is 0.306. The molecule has 0 aliphatic heterocycles. The fourth-order valence-electron chi connectivity index (χ4n) is 2.21. The molecular formula is C18H11ClF5N5O. The van der Waals surface area contributed by atoms with Crippen molar-refractivity contribution >= 4 is 35.0 Å². The molecule has 0 radical (unpaired) electrons. The minimum absolute atomic E-state index is 0.0565. The van der Waals surface area contributed by atoms with E-state index in [0.717, 1.165) is 18.2 Å². The Hall–Kier alpha value is -3.47. The van der Waals surface area contributed by atoms with Gasteiger partial charge in [0.25, 0.3) is 5.91 Å². The maximum Gasteiger partial charge on any atom is 0.432 e. The summed E-state index contributed by atoms with van der Waals surface area (Å²) in [6.45, 7) is 0. The van der Waals surface area contributed by atoms with Gasteiger partial charge in [-0.15, -0.1) is 0 Å². The van der Waals surface area contributed by atoms with Gasteiger partial charge < -0.3 is 5.32 Å². The number of rotatable bonds is 3. The van der Waals surface area contributed by atoms with E-state index in [2.05, 4.69) is 20.7 Å². The van der Waals surface area contributed by atoms with Crippen molar-refractivity contribution in [3.05, 3.63) is 76.4 Å². The molecule has 0 bridgehead atoms. The van der Waals surface area contributed by atoms with Crippen LogP contribution >= 0.6 is 11.6 Å². The first-order chi connectivity index (χ1) is 14.1. The number of H-pyrrole nitrogens is 1. The molecule has 0 aliphatic carbocycles. The Balaban J connectivity index is 1.90. The Morgan fingerprint density at radius 2 is 1.77 bits per heavy atom. The van der Waals surface area contributed by atoms with Gasteiger partial charge in [-0.1, -0.05) is 11.6 Å². The average Bonchev–Trinajstić information content (AvgIpc) is 3.14. The van der Waals surface area contributed by atoms with E-state index in [4.69, 9.17) is 11.6 Å². The van der Waals surface area contributed by atoms with Crippen LogP contribution in [0.25, 0.3) is 0 Å². The van der Waals surface area contributed by atoms with Gasteiger partial charge >= 0.3 is 6.18 Å². The van der Waals surface area contributed by atoms with Crippen molar-refractivity contribution in [3.63, 3.8) is 0 Å². The normalized spacial score (nSPS) is 12.0. The first-order valence-electron chi connectivity index (χ1n) is 8.12. The summed E-state index contributed by atoms with van der Waals surface area (Å²) >= 11 is 5.71. The van der Waals surface area contributed by atoms with Crippen molar-refractivity contribution in [2.24, 2.45) is 4.99 Å². The van der Waals surface area contributed by atoms with Gasteiger partial charge in [-0.25, -0.2) is 8.78 Å². The number of hydrogen-bond acceptors (Lipinski definition) is 3. The highest BCUT2D eigenvalue weighted by Crippen LogP contribution is 2.29. The Kier molecular flexibility index (Phi) is 6.01. The van der Waals surface area contributed by atoms with Crippen molar-refractivity contribution in [2.45, 2.75) is 6.18 Å². The third-order valence-electron chi connectivity index (χ3n) is 3.62. The van der Waals surface area contributed by atoms with Gasteiger partial charge in [0.1, 0.15) is 17.3 Å². The number of aliphatic imine (C=N–C) groups is 1. The molecule has 0 saturated heterocycles. The molecule has 3 aromatic rings. The molecule has 1 aromatic heterocycles. The van der Waals surface area contributed by atoms with Crippen LogP contribution in [0.3, 0.4) is 0 Å². The maximum absolute atomic E-state index is 13.4. The van der Waals surface area contributed by atoms with Crippen molar-refractivity contribution in [2.75, 3.05) is 5.32 Å². The molecule has 12 heteroatoms. The molecule has 156 valence electrons. The molecule has 1 heterocycles. The number of carbonyl (C=O) groups is 1. The second kappa shape index (κ2) is 8.49. The van der Waals surface area contributed by atoms with Crippen LogP contribution in [-0.4, -0.2) is 22.1 Å². The Morgan fingerprint density at radius 1 is 1.07 bits per heavy atom. The highest BCUT2D eigenvalue weighted by Gasteiger charge is 2.33. The zero-order valence-corrected chi connectivity index (χ0v) is 15.4. The van der Waals surface area contributed by atoms with E-state index < -0.39 is 35.2 Å². The van der Waals surface area contributed by atoms with Crippen molar-refractivity contribution in [1.82, 2.24) is 15.5 Å². The maximum atomic E-state index is 13.4. The lowest BCUT2D eigenvalue weighted by atomic mass is 10.2. The minimum atomic E-state index is -4.67. The molecule has 2 aromatic carbocycles. The molecule has 0 atom stereocenters. The van der Waals surface area contributed by atoms with E-state index in [1.807, 2.05) is 0 Å². The highest BCUT2D eigenvalue weighted by atomic mass is 35.5. The van der Waals surface area contributed by atoms with E-state index >= 15 is 0 Å². The zero-order valence-electron chi connectivity index (χ0n) is 14.7. The van der Waals surface area contributed by atoms with Gasteiger partial charge in [-0.3, -0.25) is 15.2 Å². The van der Waals surface area contributed by atoms with E-state index in [9.17, 15) is 26.7 Å². The lowest BCUT2D eigenvalue weighted by Gasteiger charge is -2.11. The van der Waals surface area contributed by atoms with E-state index in [-0.39, 0.29) is 22.2 Å². The number of guanidine groups is 1. The summed E-state index contributed by atoms with van der Waals surface area (Å²) in [5.74, 6) is -2.71. The number of aromatic amines is 1. The zero-order chi connectivity index (χ0) is 21.9. The fraction of sp³-hybridized carbons (Fsp3) is 0.0556. The van der Waals surface area contributed by atoms with Gasteiger partial charge in [-0.2, -0.15) is 23.3 Å². The molecule has 0 fully saturated rings. The number of anilines is 1. The Labute approximate surface area is 170 Å². The van der Waals surface area contributed by atoms with Gasteiger partial charge in [0.2, 0.25) is 5.96 Å². The van der Waals surface area contributed by atoms with Crippen molar-refractivity contribution < 1.29 is 26.7 Å². The molecule has 0 aliphatic rings. The van der Waals surface area contributed by atoms with Crippen LogP contribution in [0.4, 0.5) is 33.5 Å². The number of halogens is 6. The van der Waals surface area contributed by atoms with Crippen LogP contribution in [0.5, 0.6) is 0 Å². The van der Waals surface area contributed by atoms with Gasteiger partial charge in [0.05, 0.1) is 5.02 Å². The SMILES string of the molecule is O=C(NC(=Nc1cc(C(F)(F)F)[nH]n1)Nc1ccc(F)c(Cl)c1)c1ccc(F)cc1. The summed E-state index contributed by atoms with van der Waals surface area (Å²) in [6, 6.07) is 8.64. The first-order valence-corrected chi connectivity index (χ1v) is 8.50. The number of benzene rings is 2. The molecule has 6 nitrogen and oxygen atoms in total. The monoisotopic (exact) mass is 443 g/mol. The lowest BCUT2D eigenvalue weighted by molar-refractivity contribution is -0.141. The summed E-state index contributed by atoms with van der Waals surface area (Å²) in [4.78, 5) is 16.2. The summed E-state index contributed by atoms with van der Waals surface area (Å²) in [5, 5.41) is 9.93. The fourth-order valence-corrected chi connectivity index (χ4v) is 2.39. The number of nitrogens with zero attached hydrogens (tertiary/aromatic N) is 2. The smallest absolute Gasteiger partial charge is 0.326 e. The van der Waals surface area contributed by atoms with Crippen LogP contribution in [0.15, 0.2) is 53.5 Å². The van der Waals surface area contributed by atoms with Crippen LogP contribution in [0.1, 0.15) is 16.1 Å². The third kappa shape index (κ3) is 5.32. The predicted octanol–water partition coefficient (Wildman–Crippen LogP) is 4.89. The third-order valence-corrected chi connectivity index (χ3v) is 3.91. The number of hydrogen-bond donors (Lipinski definition) is 3. The molecule has 30 heavy (non-hydrogen) atoms. The number of carbonyl (C=O) groups excluding carboxylic acids is 1. The summed E-state index contributed by atoms with van der Waals surface area (Å²) in [7, 11) is 0. The predicted molar refractivity (Wildman–Crippen MR) is 99.6 cm³/mol. The van der Waals surface area contributed by atoms with Crippen LogP contribution in [-0.2, 0) is 6.18 Å². The summed E-state index contributed by atoms with van der Waals surface area (Å²) < 4.78 is 64.6. The molecule has 0 saturated carbocycles. The molecular weight excluding hydrogens is 433 g/mol. The van der Waals surface area contributed by atoms with Crippen LogP contribution in [0, 0.1) is 11.6 Å². The average molecular weight is 444 g/mol. The second-order valence-corrected chi connectivity index (χ2v) is 6.22. The topological polar surface area (TPSA) is 82.2 Å². The highest BCUT2D eigenvalue weighted by molar-refractivity contribution is 6.31. The van der Waals surface area contributed by atoms with E-state index in [1.165, 1.54) is 24.3 Å². The van der Waals surface area contributed by atoms with Gasteiger partial charge in [0.15, 0.2) is 5.82 Å². The summed E-state index contributed by atoms with van der Waals surface area (Å²) in [5.41, 5.74) is -0.900. The van der Waals surface area contributed by atoms with Crippen molar-refractivity contribution in [3.8, 4) is 0 Å². The van der Waals surface area contributed by atoms with Gasteiger partial charge in [0, 0.05) is 17.3 Å². The number of nitrogens with one attached hydrogen (secondary N) is 3. The van der Waals surface area contributed by atoms with Gasteiger partial charge in [-0.05, 0) is 42.5 Å². The lowest BCUT2D eigenvalue weighted by Crippen LogP contribution is -2.35. The number of alkyl halides is 3. The summed E-state index contributed by atoms with van der Waals surface area (Å²) in [6.07, 6.45) is -4.67. The minimum Gasteiger partial charge on any atom is -0.326 e. The van der Waals surface area contributed by atoms with Crippen LogP contribution in [0.2, 0.25) is 5.02 Å².